The minimum absolute atomic E-state index is 0.00642. The Morgan fingerprint density at radius 2 is 1.83 bits per heavy atom. The lowest BCUT2D eigenvalue weighted by Crippen LogP contribution is -2.15. The second-order valence-corrected chi connectivity index (χ2v) is 8.14. The number of rotatable bonds is 7. The van der Waals surface area contributed by atoms with Crippen molar-refractivity contribution in [2.45, 2.75) is 77.2 Å². The van der Waals surface area contributed by atoms with Crippen LogP contribution in [0.25, 0.3) is 0 Å². The number of benzene rings is 2. The zero-order valence-corrected chi connectivity index (χ0v) is 17.6. The number of hydrogen-bond acceptors (Lipinski definition) is 2. The largest absolute Gasteiger partial charge is 0.416 e. The van der Waals surface area contributed by atoms with E-state index >= 15 is 0 Å². The Kier molecular flexibility index (Phi) is 7.35. The minimum atomic E-state index is -4.37. The molecule has 0 aliphatic heterocycles. The van der Waals surface area contributed by atoms with E-state index in [1.807, 2.05) is 26.0 Å². The smallest absolute Gasteiger partial charge is 0.369 e. The van der Waals surface area contributed by atoms with Crippen LogP contribution < -0.4 is 0 Å². The fourth-order valence-corrected chi connectivity index (χ4v) is 4.33. The van der Waals surface area contributed by atoms with E-state index in [1.165, 1.54) is 6.07 Å². The molecule has 1 aliphatic carbocycles. The van der Waals surface area contributed by atoms with E-state index in [2.05, 4.69) is 0 Å². The predicted molar refractivity (Wildman–Crippen MR) is 112 cm³/mol. The quantitative estimate of drug-likeness (QED) is 0.438. The maximum absolute atomic E-state index is 13.7. The van der Waals surface area contributed by atoms with E-state index in [9.17, 15) is 18.0 Å². The van der Waals surface area contributed by atoms with Crippen molar-refractivity contribution in [2.24, 2.45) is 0 Å². The second kappa shape index (κ2) is 9.78. The third-order valence-electron chi connectivity index (χ3n) is 6.11. The summed E-state index contributed by atoms with van der Waals surface area (Å²) in [5.74, 6) is -0.00642. The highest BCUT2D eigenvalue weighted by atomic mass is 19.4. The third kappa shape index (κ3) is 5.31. The summed E-state index contributed by atoms with van der Waals surface area (Å²) < 4.78 is 47.1. The van der Waals surface area contributed by atoms with Gasteiger partial charge in [-0.1, -0.05) is 56.5 Å². The van der Waals surface area contributed by atoms with Gasteiger partial charge in [-0.05, 0) is 60.4 Å². The van der Waals surface area contributed by atoms with Gasteiger partial charge < -0.3 is 4.74 Å². The van der Waals surface area contributed by atoms with Crippen molar-refractivity contribution in [3.63, 3.8) is 0 Å². The number of aldehydes is 1. The summed E-state index contributed by atoms with van der Waals surface area (Å²) >= 11 is 0. The van der Waals surface area contributed by atoms with Crippen LogP contribution >= 0.6 is 0 Å². The summed E-state index contributed by atoms with van der Waals surface area (Å²) in [7, 11) is 0. The highest BCUT2D eigenvalue weighted by molar-refractivity contribution is 5.77. The van der Waals surface area contributed by atoms with Crippen LogP contribution in [0.1, 0.15) is 96.1 Å². The molecule has 0 radical (unpaired) electrons. The molecule has 2 aromatic carbocycles. The third-order valence-corrected chi connectivity index (χ3v) is 6.11. The first-order valence-corrected chi connectivity index (χ1v) is 10.7. The topological polar surface area (TPSA) is 26.3 Å². The highest BCUT2D eigenvalue weighted by Gasteiger charge is 2.35. The van der Waals surface area contributed by atoms with Gasteiger partial charge in [-0.3, -0.25) is 4.79 Å². The summed E-state index contributed by atoms with van der Waals surface area (Å²) in [5, 5.41) is 0. The molecule has 1 atom stereocenters. The molecule has 1 saturated carbocycles. The lowest BCUT2D eigenvalue weighted by atomic mass is 9.81. The number of ether oxygens (including phenoxy) is 1. The van der Waals surface area contributed by atoms with Crippen molar-refractivity contribution >= 4 is 6.29 Å². The maximum Gasteiger partial charge on any atom is 0.416 e. The van der Waals surface area contributed by atoms with Gasteiger partial charge in [0.25, 0.3) is 0 Å². The summed E-state index contributed by atoms with van der Waals surface area (Å²) in [4.78, 5) is 11.1. The van der Waals surface area contributed by atoms with Crippen LogP contribution in [0, 0.1) is 0 Å². The number of alkyl halides is 3. The molecule has 30 heavy (non-hydrogen) atoms. The Bertz CT molecular complexity index is 867. The van der Waals surface area contributed by atoms with Crippen molar-refractivity contribution in [1.82, 2.24) is 0 Å². The van der Waals surface area contributed by atoms with Gasteiger partial charge in [-0.2, -0.15) is 13.2 Å². The summed E-state index contributed by atoms with van der Waals surface area (Å²) in [6.07, 6.45) is 1.65. The van der Waals surface area contributed by atoms with Gasteiger partial charge in [0.15, 0.2) is 0 Å². The molecule has 0 saturated heterocycles. The molecular weight excluding hydrogens is 389 g/mol. The van der Waals surface area contributed by atoms with Crippen molar-refractivity contribution in [3.8, 4) is 0 Å². The summed E-state index contributed by atoms with van der Waals surface area (Å²) in [6.45, 7) is 3.95. The van der Waals surface area contributed by atoms with Crippen LogP contribution in [-0.4, -0.2) is 6.29 Å². The van der Waals surface area contributed by atoms with Gasteiger partial charge in [0, 0.05) is 5.56 Å². The molecule has 1 aliphatic rings. The molecule has 0 amide bonds. The Morgan fingerprint density at radius 1 is 1.10 bits per heavy atom. The van der Waals surface area contributed by atoms with Crippen LogP contribution in [0.3, 0.4) is 0 Å². The highest BCUT2D eigenvalue weighted by Crippen LogP contribution is 2.41. The molecule has 0 heterocycles. The van der Waals surface area contributed by atoms with Crippen molar-refractivity contribution in [3.05, 3.63) is 69.8 Å². The molecule has 0 aromatic heterocycles. The fourth-order valence-electron chi connectivity index (χ4n) is 4.33. The molecular formula is C25H29F3O2. The van der Waals surface area contributed by atoms with Crippen molar-refractivity contribution in [2.75, 3.05) is 0 Å². The predicted octanol–water partition coefficient (Wildman–Crippen LogP) is 7.41. The van der Waals surface area contributed by atoms with Gasteiger partial charge in [0.1, 0.15) is 6.29 Å². The van der Waals surface area contributed by atoms with Gasteiger partial charge in [0.05, 0.1) is 18.3 Å². The lowest BCUT2D eigenvalue weighted by molar-refractivity contribution is -0.138. The molecule has 1 fully saturated rings. The number of carbonyl (C=O) groups is 1. The SMILES string of the molecule is CCc1cc(C(C)OCc2ccc(C3CCCCC3)c(C(F)(F)F)c2)ccc1C=O. The number of aryl methyl sites for hydroxylation is 1. The molecule has 5 heteroatoms. The van der Waals surface area contributed by atoms with E-state index in [-0.39, 0.29) is 18.6 Å². The molecule has 3 rings (SSSR count). The zero-order valence-electron chi connectivity index (χ0n) is 17.6. The minimum Gasteiger partial charge on any atom is -0.369 e. The second-order valence-electron chi connectivity index (χ2n) is 8.14. The van der Waals surface area contributed by atoms with Crippen LogP contribution in [0.5, 0.6) is 0 Å². The molecule has 1 unspecified atom stereocenters. The number of halogens is 3. The lowest BCUT2D eigenvalue weighted by Gasteiger charge is -2.26. The van der Waals surface area contributed by atoms with E-state index < -0.39 is 11.7 Å². The monoisotopic (exact) mass is 418 g/mol. The van der Waals surface area contributed by atoms with Gasteiger partial charge >= 0.3 is 6.18 Å². The normalized spacial score (nSPS) is 16.4. The van der Waals surface area contributed by atoms with Crippen molar-refractivity contribution in [1.29, 1.82) is 0 Å². The van der Waals surface area contributed by atoms with Gasteiger partial charge in [-0.25, -0.2) is 0 Å². The Morgan fingerprint density at radius 3 is 2.47 bits per heavy atom. The zero-order chi connectivity index (χ0) is 21.7. The first-order valence-electron chi connectivity index (χ1n) is 10.7. The van der Waals surface area contributed by atoms with E-state index in [1.54, 1.807) is 18.2 Å². The molecule has 2 nitrogen and oxygen atoms in total. The van der Waals surface area contributed by atoms with Crippen LogP contribution in [0.4, 0.5) is 13.2 Å². The van der Waals surface area contributed by atoms with Gasteiger partial charge in [0.2, 0.25) is 0 Å². The maximum atomic E-state index is 13.7. The van der Waals surface area contributed by atoms with Crippen LogP contribution in [0.15, 0.2) is 36.4 Å². The van der Waals surface area contributed by atoms with E-state index in [4.69, 9.17) is 4.74 Å². The summed E-state index contributed by atoms with van der Waals surface area (Å²) in [6, 6.07) is 10.2. The molecule has 2 aromatic rings. The van der Waals surface area contributed by atoms with Crippen LogP contribution in [0.2, 0.25) is 0 Å². The summed E-state index contributed by atoms with van der Waals surface area (Å²) in [5.41, 5.74) is 2.93. The molecule has 0 bridgehead atoms. The Hall–Kier alpha value is -2.14. The average molecular weight is 418 g/mol. The Balaban J connectivity index is 1.75. The van der Waals surface area contributed by atoms with Crippen molar-refractivity contribution < 1.29 is 22.7 Å². The number of carbonyl (C=O) groups excluding carboxylic acids is 1. The fraction of sp³-hybridized carbons (Fsp3) is 0.480. The van der Waals surface area contributed by atoms with E-state index in [0.717, 1.165) is 55.9 Å². The first kappa shape index (κ1) is 22.5. The van der Waals surface area contributed by atoms with E-state index in [0.29, 0.717) is 16.7 Å². The van der Waals surface area contributed by atoms with Crippen LogP contribution in [-0.2, 0) is 23.9 Å². The molecule has 0 spiro atoms. The number of hydrogen-bond donors (Lipinski definition) is 0. The molecule has 0 N–H and O–H groups in total. The standard InChI is InChI=1S/C25H29F3O2/c1-3-19-14-21(10-11-22(19)15-29)17(2)30-16-18-9-12-23(20-7-5-4-6-8-20)24(13-18)25(26,27)28/h9-15,17,20H,3-8,16H2,1-2H3. The average Bonchev–Trinajstić information content (AvgIpc) is 2.76. The first-order chi connectivity index (χ1) is 14.3. The van der Waals surface area contributed by atoms with Gasteiger partial charge in [-0.15, -0.1) is 0 Å². The Labute approximate surface area is 176 Å². The molecule has 162 valence electrons.